The van der Waals surface area contributed by atoms with Crippen molar-refractivity contribution >= 4 is 35.5 Å². The van der Waals surface area contributed by atoms with E-state index in [1.807, 2.05) is 20.8 Å². The Morgan fingerprint density at radius 1 is 0.979 bits per heavy atom. The fourth-order valence-electron chi connectivity index (χ4n) is 7.08. The fraction of sp³-hybridized carbons (Fsp3) is 0.771. The minimum atomic E-state index is -1.15. The zero-order valence-electron chi connectivity index (χ0n) is 29.6. The maximum absolute atomic E-state index is 14.3. The van der Waals surface area contributed by atoms with E-state index in [0.29, 0.717) is 13.0 Å². The highest BCUT2D eigenvalue weighted by Gasteiger charge is 2.69. The molecule has 0 radical (unpaired) electrons. The van der Waals surface area contributed by atoms with Crippen molar-refractivity contribution in [2.24, 2.45) is 23.2 Å². The molecule has 12 heteroatoms. The second kappa shape index (κ2) is 15.2. The Hall–Kier alpha value is -3.44. The number of allylic oxidation sites excluding steroid dienone is 1. The fourth-order valence-corrected chi connectivity index (χ4v) is 7.08. The zero-order valence-corrected chi connectivity index (χ0v) is 29.6. The van der Waals surface area contributed by atoms with Gasteiger partial charge in [-0.25, -0.2) is 4.79 Å². The number of esters is 1. The molecule has 0 aromatic carbocycles. The number of nitrogens with zero attached hydrogens (tertiary/aromatic N) is 1. The quantitative estimate of drug-likeness (QED) is 0.134. The predicted molar refractivity (Wildman–Crippen MR) is 178 cm³/mol. The van der Waals surface area contributed by atoms with E-state index in [1.54, 1.807) is 31.7 Å². The van der Waals surface area contributed by atoms with Crippen molar-refractivity contribution in [2.45, 2.75) is 136 Å². The molecule has 0 aromatic heterocycles. The van der Waals surface area contributed by atoms with Crippen LogP contribution in [0.25, 0.3) is 0 Å². The molecular formula is C35H57N5O7. The predicted octanol–water partition coefficient (Wildman–Crippen LogP) is 3.38. The molecule has 2 unspecified atom stereocenters. The first-order valence-electron chi connectivity index (χ1n) is 17.1. The zero-order chi connectivity index (χ0) is 35.3. The Bertz CT molecular complexity index is 1210. The van der Waals surface area contributed by atoms with Crippen LogP contribution in [-0.2, 0) is 28.7 Å². The topological polar surface area (TPSA) is 163 Å². The second-order valence-corrected chi connectivity index (χ2v) is 16.0. The van der Waals surface area contributed by atoms with Gasteiger partial charge in [-0.1, -0.05) is 39.2 Å². The van der Waals surface area contributed by atoms with Crippen LogP contribution in [0.4, 0.5) is 4.79 Å². The Morgan fingerprint density at radius 2 is 1.62 bits per heavy atom. The number of Topliss-reactive ketones (excluding diaryl/α,β-unsaturated/α-hetero) is 1. The maximum atomic E-state index is 14.3. The molecule has 2 saturated carbocycles. The van der Waals surface area contributed by atoms with Crippen molar-refractivity contribution in [3.63, 3.8) is 0 Å². The van der Waals surface area contributed by atoms with Gasteiger partial charge in [-0.15, -0.1) is 6.58 Å². The van der Waals surface area contributed by atoms with Crippen LogP contribution in [0.15, 0.2) is 12.7 Å². The average Bonchev–Trinajstić information content (AvgIpc) is 3.26. The summed E-state index contributed by atoms with van der Waals surface area (Å²) in [6.45, 7) is 18.9. The molecule has 0 spiro atoms. The summed E-state index contributed by atoms with van der Waals surface area (Å²) in [4.78, 5) is 81.1. The number of hydrogen-bond donors (Lipinski definition) is 4. The van der Waals surface area contributed by atoms with Crippen molar-refractivity contribution in [2.75, 3.05) is 13.1 Å². The number of carbonyl (C=O) groups excluding carboxylic acids is 6. The monoisotopic (exact) mass is 659 g/mol. The molecule has 0 aromatic rings. The molecule has 4 N–H and O–H groups in total. The van der Waals surface area contributed by atoms with E-state index in [2.05, 4.69) is 41.7 Å². The molecule has 2 aliphatic carbocycles. The molecule has 5 atom stereocenters. The number of rotatable bonds is 13. The first kappa shape index (κ1) is 38.0. The van der Waals surface area contributed by atoms with Crippen LogP contribution in [0, 0.1) is 23.2 Å². The Kier molecular flexibility index (Phi) is 12.3. The van der Waals surface area contributed by atoms with Crippen LogP contribution in [0.1, 0.15) is 107 Å². The molecule has 1 saturated heterocycles. The summed E-state index contributed by atoms with van der Waals surface area (Å²) in [6, 6.07) is -3.22. The Labute approximate surface area is 279 Å². The molecule has 264 valence electrons. The summed E-state index contributed by atoms with van der Waals surface area (Å²) in [5, 5.41) is 11.1. The van der Waals surface area contributed by atoms with Crippen molar-refractivity contribution in [1.82, 2.24) is 26.2 Å². The molecular weight excluding hydrogens is 602 g/mol. The van der Waals surface area contributed by atoms with E-state index in [0.717, 1.165) is 32.1 Å². The largest absolute Gasteiger partial charge is 0.460 e. The molecule has 5 amide bonds. The lowest BCUT2D eigenvalue weighted by Crippen LogP contribution is -2.61. The number of ether oxygens (including phenoxy) is 1. The SMILES string of the molecule is C=CCCC(NC(=O)[C@@H]1[C@@H]2C(CN1C(=O)[C@@H](NC(=O)NC(C)(C)C)C1CCCCC1)C2(C)C)C(=O)C(=O)NCCC(=O)OC(C)(C)C. The minimum absolute atomic E-state index is 0.0538. The van der Waals surface area contributed by atoms with Crippen molar-refractivity contribution < 1.29 is 33.5 Å². The van der Waals surface area contributed by atoms with Gasteiger partial charge in [0, 0.05) is 18.6 Å². The highest BCUT2D eigenvalue weighted by Crippen LogP contribution is 2.65. The number of urea groups is 1. The van der Waals surface area contributed by atoms with E-state index in [-0.39, 0.29) is 48.5 Å². The van der Waals surface area contributed by atoms with E-state index < -0.39 is 58.9 Å². The average molecular weight is 660 g/mol. The third kappa shape index (κ3) is 10.3. The van der Waals surface area contributed by atoms with Crippen LogP contribution in [0.3, 0.4) is 0 Å². The lowest BCUT2D eigenvalue weighted by atomic mass is 9.83. The first-order chi connectivity index (χ1) is 21.8. The van der Waals surface area contributed by atoms with Crippen LogP contribution in [-0.4, -0.2) is 82.8 Å². The van der Waals surface area contributed by atoms with Crippen molar-refractivity contribution in [3.8, 4) is 0 Å². The summed E-state index contributed by atoms with van der Waals surface area (Å²) in [5.41, 5.74) is -1.36. The minimum Gasteiger partial charge on any atom is -0.460 e. The summed E-state index contributed by atoms with van der Waals surface area (Å²) >= 11 is 0. The van der Waals surface area contributed by atoms with E-state index in [1.165, 1.54) is 0 Å². The standard InChI is InChI=1S/C35H57N5O7/c1-10-11-17-23(28(42)30(44)36-19-18-24(41)47-34(5,6)7)37-29(43)27-25-22(35(25,8)9)20-40(27)31(45)26(21-15-13-12-14-16-21)38-32(46)39-33(2,3)4/h10,21-23,25-27H,1,11-20H2,2-9H3,(H,36,44)(H,37,43)(H2,38,39,46)/t22?,23?,25-,26-,27-/m0/s1. The number of amides is 5. The number of piperidine rings is 1. The van der Waals surface area contributed by atoms with Gasteiger partial charge in [0.05, 0.1) is 12.5 Å². The lowest BCUT2D eigenvalue weighted by molar-refractivity contribution is -0.154. The molecule has 1 heterocycles. The van der Waals surface area contributed by atoms with E-state index in [9.17, 15) is 28.8 Å². The summed E-state index contributed by atoms with van der Waals surface area (Å²) < 4.78 is 5.25. The van der Waals surface area contributed by atoms with Gasteiger partial charge < -0.3 is 30.9 Å². The second-order valence-electron chi connectivity index (χ2n) is 16.0. The maximum Gasteiger partial charge on any atom is 0.315 e. The van der Waals surface area contributed by atoms with E-state index in [4.69, 9.17) is 4.74 Å². The third-order valence-corrected chi connectivity index (χ3v) is 9.47. The first-order valence-corrected chi connectivity index (χ1v) is 17.1. The normalized spacial score (nSPS) is 23.4. The van der Waals surface area contributed by atoms with Gasteiger partial charge in [-0.05, 0) is 90.4 Å². The molecule has 12 nitrogen and oxygen atoms in total. The molecule has 1 aliphatic heterocycles. The molecule has 3 fully saturated rings. The van der Waals surface area contributed by atoms with Gasteiger partial charge in [-0.3, -0.25) is 24.0 Å². The summed E-state index contributed by atoms with van der Waals surface area (Å²) in [6.07, 6.45) is 6.61. The van der Waals surface area contributed by atoms with Crippen molar-refractivity contribution in [1.29, 1.82) is 0 Å². The molecule has 3 aliphatic rings. The van der Waals surface area contributed by atoms with Crippen molar-refractivity contribution in [3.05, 3.63) is 12.7 Å². The van der Waals surface area contributed by atoms with Gasteiger partial charge in [0.25, 0.3) is 5.91 Å². The van der Waals surface area contributed by atoms with Gasteiger partial charge in [0.1, 0.15) is 17.7 Å². The molecule has 3 rings (SSSR count). The number of ketones is 1. The highest BCUT2D eigenvalue weighted by molar-refractivity contribution is 6.38. The number of likely N-dealkylation sites (tertiary alicyclic amines) is 1. The number of carbonyl (C=O) groups is 6. The summed E-state index contributed by atoms with van der Waals surface area (Å²) in [7, 11) is 0. The van der Waals surface area contributed by atoms with Crippen LogP contribution >= 0.6 is 0 Å². The van der Waals surface area contributed by atoms with Crippen LogP contribution < -0.4 is 21.3 Å². The molecule has 47 heavy (non-hydrogen) atoms. The van der Waals surface area contributed by atoms with Gasteiger partial charge in [-0.2, -0.15) is 0 Å². The van der Waals surface area contributed by atoms with Gasteiger partial charge >= 0.3 is 12.0 Å². The summed E-state index contributed by atoms with van der Waals surface area (Å²) in [5.74, 6) is -3.14. The number of nitrogens with one attached hydrogen (secondary N) is 4. The smallest absolute Gasteiger partial charge is 0.315 e. The highest BCUT2D eigenvalue weighted by atomic mass is 16.6. The Morgan fingerprint density at radius 3 is 2.19 bits per heavy atom. The van der Waals surface area contributed by atoms with E-state index >= 15 is 0 Å². The van der Waals surface area contributed by atoms with Gasteiger partial charge in [0.15, 0.2) is 0 Å². The van der Waals surface area contributed by atoms with Crippen LogP contribution in [0.5, 0.6) is 0 Å². The lowest BCUT2D eigenvalue weighted by Gasteiger charge is -2.37. The molecule has 0 bridgehead atoms. The number of hydrogen-bond acceptors (Lipinski definition) is 7. The number of fused-ring (bicyclic) bond motifs is 1. The third-order valence-electron chi connectivity index (χ3n) is 9.47. The van der Waals surface area contributed by atoms with Gasteiger partial charge in [0.2, 0.25) is 17.6 Å². The Balaban J connectivity index is 1.77. The van der Waals surface area contributed by atoms with Crippen LogP contribution in [0.2, 0.25) is 0 Å².